The number of hydrogen-bond donors (Lipinski definition) is 2. The Bertz CT molecular complexity index is 1200. The maximum Gasteiger partial charge on any atom is 0.214 e. The SMILES string of the molecule is CC=C(NC12C=C1c1ccc(OC)nc1S2)N1C[C@@](CC)(CCCCCCOC)c2cc(S)ccc21. The topological polar surface area (TPSA) is 46.6 Å². The highest BCUT2D eigenvalue weighted by molar-refractivity contribution is 8.02. The third kappa shape index (κ3) is 4.54. The number of nitrogens with one attached hydrogen (secondary N) is 1. The molecule has 0 saturated carbocycles. The lowest BCUT2D eigenvalue weighted by Crippen LogP contribution is -2.40. The van der Waals surface area contributed by atoms with Crippen LogP contribution in [0.4, 0.5) is 5.69 Å². The number of unbranched alkanes of at least 4 members (excludes halogenated alkanes) is 3. The first-order valence-corrected chi connectivity index (χ1v) is 14.3. The third-order valence-corrected chi connectivity index (χ3v) is 9.41. The maximum absolute atomic E-state index is 5.35. The summed E-state index contributed by atoms with van der Waals surface area (Å²) in [5.41, 5.74) is 5.39. The average molecular weight is 524 g/mol. The Kier molecular flexibility index (Phi) is 7.34. The number of nitrogens with zero attached hydrogens (tertiary/aromatic N) is 2. The van der Waals surface area contributed by atoms with Gasteiger partial charge in [-0.1, -0.05) is 37.9 Å². The fourth-order valence-electron chi connectivity index (χ4n) is 5.74. The number of rotatable bonds is 12. The molecule has 0 saturated heterocycles. The maximum atomic E-state index is 5.35. The number of thiol groups is 1. The van der Waals surface area contributed by atoms with Crippen LogP contribution < -0.4 is 15.0 Å². The molecule has 2 aliphatic heterocycles. The van der Waals surface area contributed by atoms with E-state index in [0.29, 0.717) is 5.88 Å². The van der Waals surface area contributed by atoms with Gasteiger partial charge in [-0.25, -0.2) is 4.98 Å². The van der Waals surface area contributed by atoms with Crippen molar-refractivity contribution < 1.29 is 9.47 Å². The van der Waals surface area contributed by atoms with E-state index in [9.17, 15) is 0 Å². The Morgan fingerprint density at radius 2 is 2.03 bits per heavy atom. The van der Waals surface area contributed by atoms with Crippen molar-refractivity contribution in [3.8, 4) is 5.88 Å². The van der Waals surface area contributed by atoms with Crippen LogP contribution in [0.2, 0.25) is 0 Å². The first-order chi connectivity index (χ1) is 17.5. The van der Waals surface area contributed by atoms with Crippen LogP contribution in [0, 0.1) is 0 Å². The van der Waals surface area contributed by atoms with Crippen LogP contribution in [0.25, 0.3) is 5.57 Å². The molecule has 5 rings (SSSR count). The second-order valence-electron chi connectivity index (χ2n) is 9.98. The molecule has 0 radical (unpaired) electrons. The minimum Gasteiger partial charge on any atom is -0.481 e. The number of pyridine rings is 1. The number of thioether (sulfide) groups is 1. The molecule has 2 atom stereocenters. The van der Waals surface area contributed by atoms with Gasteiger partial charge in [-0.3, -0.25) is 0 Å². The van der Waals surface area contributed by atoms with Crippen molar-refractivity contribution in [3.63, 3.8) is 0 Å². The lowest BCUT2D eigenvalue weighted by Gasteiger charge is -2.32. The number of ether oxygens (including phenoxy) is 2. The van der Waals surface area contributed by atoms with E-state index in [2.05, 4.69) is 65.5 Å². The summed E-state index contributed by atoms with van der Waals surface area (Å²) in [7, 11) is 3.45. The summed E-state index contributed by atoms with van der Waals surface area (Å²) in [6.07, 6.45) is 11.7. The molecule has 1 aromatic heterocycles. The predicted molar refractivity (Wildman–Crippen MR) is 152 cm³/mol. The summed E-state index contributed by atoms with van der Waals surface area (Å²) in [4.78, 5) is 8.00. The molecule has 0 amide bonds. The quantitative estimate of drug-likeness (QED) is 0.236. The van der Waals surface area contributed by atoms with E-state index in [1.807, 2.05) is 6.07 Å². The molecule has 3 heterocycles. The standard InChI is InChI=1S/C29H37N3O2S2/c1-5-25(31-29-18-23(29)21-12-14-26(34-4)30-27(21)36-29)32-19-28(6-2,15-9-7-8-10-16-33-3)22-17-20(35)11-13-24(22)32/h5,11-14,17-18,31,35H,6-10,15-16,19H2,1-4H3/t28-,29?/m1/s1. The minimum absolute atomic E-state index is 0.128. The van der Waals surface area contributed by atoms with E-state index in [0.717, 1.165) is 41.7 Å². The van der Waals surface area contributed by atoms with Crippen LogP contribution in [-0.2, 0) is 10.2 Å². The molecule has 7 heteroatoms. The van der Waals surface area contributed by atoms with Crippen LogP contribution in [0.1, 0.15) is 63.5 Å². The van der Waals surface area contributed by atoms with E-state index in [1.54, 1.807) is 26.0 Å². The Morgan fingerprint density at radius 3 is 2.78 bits per heavy atom. The Hall–Kier alpha value is -2.09. The lowest BCUT2D eigenvalue weighted by molar-refractivity contribution is 0.191. The van der Waals surface area contributed by atoms with E-state index >= 15 is 0 Å². The fraction of sp³-hybridized carbons (Fsp3) is 0.483. The number of fused-ring (bicyclic) bond motifs is 4. The molecule has 1 N–H and O–H groups in total. The van der Waals surface area contributed by atoms with Crippen molar-refractivity contribution >= 4 is 35.7 Å². The first-order valence-electron chi connectivity index (χ1n) is 13.0. The summed E-state index contributed by atoms with van der Waals surface area (Å²) < 4.78 is 10.6. The van der Waals surface area contributed by atoms with Crippen LogP contribution in [0.15, 0.2) is 58.2 Å². The number of methoxy groups -OCH3 is 2. The van der Waals surface area contributed by atoms with Gasteiger partial charge in [-0.2, -0.15) is 0 Å². The van der Waals surface area contributed by atoms with Gasteiger partial charge in [0.05, 0.1) is 7.11 Å². The van der Waals surface area contributed by atoms with E-state index in [4.69, 9.17) is 22.1 Å². The summed E-state index contributed by atoms with van der Waals surface area (Å²) in [6.45, 7) is 6.31. The van der Waals surface area contributed by atoms with E-state index in [1.165, 1.54) is 48.1 Å². The van der Waals surface area contributed by atoms with E-state index < -0.39 is 0 Å². The fourth-order valence-corrected chi connectivity index (χ4v) is 7.23. The number of benzene rings is 1. The van der Waals surface area contributed by atoms with Crippen LogP contribution in [-0.4, -0.2) is 37.2 Å². The summed E-state index contributed by atoms with van der Waals surface area (Å²) in [5, 5.41) is 4.93. The zero-order chi connectivity index (χ0) is 25.3. The van der Waals surface area contributed by atoms with Crippen molar-refractivity contribution in [2.24, 2.45) is 0 Å². The van der Waals surface area contributed by atoms with Gasteiger partial charge in [0.2, 0.25) is 5.88 Å². The summed E-state index contributed by atoms with van der Waals surface area (Å²) in [5.74, 6) is 1.81. The van der Waals surface area contributed by atoms with Gasteiger partial charge in [0.15, 0.2) is 0 Å². The highest BCUT2D eigenvalue weighted by Crippen LogP contribution is 2.62. The molecule has 36 heavy (non-hydrogen) atoms. The second kappa shape index (κ2) is 10.3. The number of aromatic nitrogens is 1. The molecule has 0 bridgehead atoms. The monoisotopic (exact) mass is 523 g/mol. The minimum atomic E-state index is -0.216. The predicted octanol–water partition coefficient (Wildman–Crippen LogP) is 6.79. The summed E-state index contributed by atoms with van der Waals surface area (Å²) in [6, 6.07) is 10.7. The third-order valence-electron chi connectivity index (χ3n) is 7.87. The molecule has 2 aromatic rings. The van der Waals surface area contributed by atoms with E-state index in [-0.39, 0.29) is 10.3 Å². The van der Waals surface area contributed by atoms with Crippen molar-refractivity contribution in [1.29, 1.82) is 0 Å². The van der Waals surface area contributed by atoms with Crippen LogP contribution in [0.5, 0.6) is 5.88 Å². The van der Waals surface area contributed by atoms with Gasteiger partial charge in [-0.15, -0.1) is 12.6 Å². The second-order valence-corrected chi connectivity index (χ2v) is 11.7. The first kappa shape index (κ1) is 25.6. The van der Waals surface area contributed by atoms with Gasteiger partial charge < -0.3 is 19.7 Å². The molecule has 3 aliphatic rings. The molecular weight excluding hydrogens is 486 g/mol. The van der Waals surface area contributed by atoms with Crippen LogP contribution in [0.3, 0.4) is 0 Å². The van der Waals surface area contributed by atoms with Gasteiger partial charge >= 0.3 is 0 Å². The van der Waals surface area contributed by atoms with Gasteiger partial charge in [0, 0.05) is 53.5 Å². The number of allylic oxidation sites excluding steroid dienone is 1. The molecule has 0 spiro atoms. The van der Waals surface area contributed by atoms with Gasteiger partial charge in [0.1, 0.15) is 15.7 Å². The van der Waals surface area contributed by atoms with Crippen molar-refractivity contribution in [1.82, 2.24) is 10.3 Å². The van der Waals surface area contributed by atoms with Gasteiger partial charge in [-0.05, 0) is 68.2 Å². The Balaban J connectivity index is 1.35. The Labute approximate surface area is 225 Å². The molecule has 5 nitrogen and oxygen atoms in total. The van der Waals surface area contributed by atoms with Gasteiger partial charge in [0.25, 0.3) is 0 Å². The van der Waals surface area contributed by atoms with Crippen molar-refractivity contribution in [2.45, 2.75) is 72.6 Å². The zero-order valence-electron chi connectivity index (χ0n) is 21.8. The largest absolute Gasteiger partial charge is 0.481 e. The number of anilines is 1. The highest BCUT2D eigenvalue weighted by Gasteiger charge is 2.54. The number of hydrogen-bond acceptors (Lipinski definition) is 7. The normalized spacial score (nSPS) is 23.8. The molecule has 192 valence electrons. The van der Waals surface area contributed by atoms with Crippen LogP contribution >= 0.6 is 24.4 Å². The summed E-state index contributed by atoms with van der Waals surface area (Å²) >= 11 is 6.49. The molecule has 0 fully saturated rings. The van der Waals surface area contributed by atoms with Crippen molar-refractivity contribution in [3.05, 3.63) is 59.4 Å². The molecule has 1 aliphatic carbocycles. The average Bonchev–Trinajstić information content (AvgIpc) is 3.37. The Morgan fingerprint density at radius 1 is 1.19 bits per heavy atom. The van der Waals surface area contributed by atoms with Crippen molar-refractivity contribution in [2.75, 3.05) is 32.3 Å². The zero-order valence-corrected chi connectivity index (χ0v) is 23.5. The molecule has 1 aromatic carbocycles. The molecular formula is C29H37N3O2S2. The highest BCUT2D eigenvalue weighted by atomic mass is 32.2. The smallest absolute Gasteiger partial charge is 0.214 e. The molecule has 1 unspecified atom stereocenters. The lowest BCUT2D eigenvalue weighted by atomic mass is 9.75.